The molecular weight excluding hydrogens is 447 g/mol. The van der Waals surface area contributed by atoms with Gasteiger partial charge in [0.25, 0.3) is 5.91 Å². The van der Waals surface area contributed by atoms with Crippen LogP contribution in [0.15, 0.2) is 59.8 Å². The molecule has 5 rings (SSSR count). The van der Waals surface area contributed by atoms with Gasteiger partial charge in [-0.05, 0) is 42.7 Å². The molecule has 2 aromatic heterocycles. The minimum absolute atomic E-state index is 0.296. The predicted molar refractivity (Wildman–Crippen MR) is 120 cm³/mol. The van der Waals surface area contributed by atoms with E-state index in [2.05, 4.69) is 20.6 Å². The van der Waals surface area contributed by atoms with Crippen LogP contribution < -0.4 is 5.32 Å². The zero-order valence-electron chi connectivity index (χ0n) is 16.9. The van der Waals surface area contributed by atoms with Crippen LogP contribution in [-0.4, -0.2) is 30.9 Å². The summed E-state index contributed by atoms with van der Waals surface area (Å²) in [4.78, 5) is 17.1. The van der Waals surface area contributed by atoms with Crippen molar-refractivity contribution in [1.29, 1.82) is 0 Å². The maximum absolute atomic E-state index is 13.0. The number of thioether (sulfide) groups is 1. The first-order chi connectivity index (χ1) is 15.7. The third-order valence-corrected chi connectivity index (χ3v) is 6.86. The van der Waals surface area contributed by atoms with E-state index in [9.17, 15) is 9.18 Å². The summed E-state index contributed by atoms with van der Waals surface area (Å²) < 4.78 is 14.9. The Morgan fingerprint density at radius 1 is 1.12 bits per heavy atom. The van der Waals surface area contributed by atoms with Crippen LogP contribution in [0.3, 0.4) is 0 Å². The van der Waals surface area contributed by atoms with Crippen LogP contribution in [0.25, 0.3) is 5.69 Å². The van der Waals surface area contributed by atoms with E-state index in [0.29, 0.717) is 28.4 Å². The van der Waals surface area contributed by atoms with Gasteiger partial charge in [-0.2, -0.15) is 0 Å². The zero-order chi connectivity index (χ0) is 21.9. The van der Waals surface area contributed by atoms with E-state index in [1.165, 1.54) is 35.2 Å². The Morgan fingerprint density at radius 2 is 1.91 bits per heavy atom. The lowest BCUT2D eigenvalue weighted by atomic mass is 10.2. The fourth-order valence-electron chi connectivity index (χ4n) is 3.12. The highest BCUT2D eigenvalue weighted by molar-refractivity contribution is 7.98. The number of hydrogen-bond acceptors (Lipinski definition) is 7. The summed E-state index contributed by atoms with van der Waals surface area (Å²) in [5.74, 6) is 1.39. The maximum Gasteiger partial charge on any atom is 0.282 e. The SMILES string of the molecule is O=C(NCc1ccc(F)cc1)c1nnc(CSc2nc(C3CC3)n(-c3ccccc3)n2)s1. The number of halogens is 1. The molecule has 0 saturated heterocycles. The number of amides is 1. The van der Waals surface area contributed by atoms with Gasteiger partial charge in [0.05, 0.1) is 11.4 Å². The molecule has 2 heterocycles. The highest BCUT2D eigenvalue weighted by atomic mass is 32.2. The van der Waals surface area contributed by atoms with Crippen molar-refractivity contribution in [2.45, 2.75) is 36.2 Å². The molecule has 0 radical (unpaired) electrons. The first-order valence-electron chi connectivity index (χ1n) is 10.2. The number of carbonyl (C=O) groups excluding carboxylic acids is 1. The van der Waals surface area contributed by atoms with Gasteiger partial charge in [-0.3, -0.25) is 4.79 Å². The Morgan fingerprint density at radius 3 is 2.66 bits per heavy atom. The predicted octanol–water partition coefficient (Wildman–Crippen LogP) is 4.36. The van der Waals surface area contributed by atoms with Crippen molar-refractivity contribution < 1.29 is 9.18 Å². The first-order valence-corrected chi connectivity index (χ1v) is 12.0. The molecule has 1 N–H and O–H groups in total. The lowest BCUT2D eigenvalue weighted by molar-refractivity contribution is 0.0950. The summed E-state index contributed by atoms with van der Waals surface area (Å²) in [6, 6.07) is 16.0. The fraction of sp³-hybridized carbons (Fsp3) is 0.227. The zero-order valence-corrected chi connectivity index (χ0v) is 18.6. The molecule has 0 atom stereocenters. The van der Waals surface area contributed by atoms with Gasteiger partial charge < -0.3 is 5.32 Å². The molecule has 32 heavy (non-hydrogen) atoms. The third kappa shape index (κ3) is 4.86. The highest BCUT2D eigenvalue weighted by Crippen LogP contribution is 2.40. The summed E-state index contributed by atoms with van der Waals surface area (Å²) in [6.45, 7) is 0.299. The Hall–Kier alpha value is -3.11. The summed E-state index contributed by atoms with van der Waals surface area (Å²) in [5.41, 5.74) is 1.82. The average Bonchev–Trinajstić information content (AvgIpc) is 3.40. The Kier molecular flexibility index (Phi) is 5.95. The van der Waals surface area contributed by atoms with Gasteiger partial charge in [-0.1, -0.05) is 53.4 Å². The first kappa shape index (κ1) is 20.8. The minimum atomic E-state index is -0.307. The van der Waals surface area contributed by atoms with Crippen LogP contribution in [0.1, 0.15) is 45.0 Å². The molecule has 7 nitrogen and oxygen atoms in total. The largest absolute Gasteiger partial charge is 0.346 e. The number of para-hydroxylation sites is 1. The second-order valence-electron chi connectivity index (χ2n) is 7.37. The van der Waals surface area contributed by atoms with Gasteiger partial charge in [-0.15, -0.1) is 15.3 Å². The topological polar surface area (TPSA) is 85.6 Å². The smallest absolute Gasteiger partial charge is 0.282 e. The molecule has 0 unspecified atom stereocenters. The lowest BCUT2D eigenvalue weighted by Crippen LogP contribution is -2.22. The second-order valence-corrected chi connectivity index (χ2v) is 9.38. The number of hydrogen-bond donors (Lipinski definition) is 1. The fourth-order valence-corrected chi connectivity index (χ4v) is 4.69. The van der Waals surface area contributed by atoms with Gasteiger partial charge in [0.2, 0.25) is 10.2 Å². The number of benzene rings is 2. The van der Waals surface area contributed by atoms with Crippen LogP contribution >= 0.6 is 23.1 Å². The van der Waals surface area contributed by atoms with Crippen molar-refractivity contribution in [3.63, 3.8) is 0 Å². The molecule has 162 valence electrons. The molecular formula is C22H19FN6OS2. The lowest BCUT2D eigenvalue weighted by Gasteiger charge is -2.03. The van der Waals surface area contributed by atoms with E-state index < -0.39 is 0 Å². The van der Waals surface area contributed by atoms with Crippen LogP contribution in [-0.2, 0) is 12.3 Å². The van der Waals surface area contributed by atoms with E-state index >= 15 is 0 Å². The summed E-state index contributed by atoms with van der Waals surface area (Å²) >= 11 is 2.73. The number of nitrogens with zero attached hydrogens (tertiary/aromatic N) is 5. The van der Waals surface area contributed by atoms with Crippen molar-refractivity contribution in [2.75, 3.05) is 0 Å². The molecule has 4 aromatic rings. The van der Waals surface area contributed by atoms with Crippen molar-refractivity contribution in [3.05, 3.63) is 81.8 Å². The summed E-state index contributed by atoms with van der Waals surface area (Å²) in [7, 11) is 0. The monoisotopic (exact) mass is 466 g/mol. The summed E-state index contributed by atoms with van der Waals surface area (Å²) in [5, 5.41) is 17.3. The summed E-state index contributed by atoms with van der Waals surface area (Å²) in [6.07, 6.45) is 2.28. The van der Waals surface area contributed by atoms with Crippen LogP contribution in [0.5, 0.6) is 0 Å². The molecule has 1 aliphatic rings. The molecule has 1 aliphatic carbocycles. The molecule has 0 bridgehead atoms. The van der Waals surface area contributed by atoms with Gasteiger partial charge >= 0.3 is 0 Å². The van der Waals surface area contributed by atoms with E-state index in [-0.39, 0.29) is 11.7 Å². The molecule has 1 saturated carbocycles. The van der Waals surface area contributed by atoms with Crippen molar-refractivity contribution in [3.8, 4) is 5.69 Å². The van der Waals surface area contributed by atoms with Crippen molar-refractivity contribution in [1.82, 2.24) is 30.3 Å². The van der Waals surface area contributed by atoms with E-state index in [0.717, 1.165) is 34.9 Å². The third-order valence-electron chi connectivity index (χ3n) is 4.91. The maximum atomic E-state index is 13.0. The molecule has 0 aliphatic heterocycles. The standard InChI is InChI=1S/C22H19FN6OS2/c23-16-10-6-14(7-11-16)12-24-20(30)21-27-26-18(32-21)13-31-22-25-19(15-8-9-15)29(28-22)17-4-2-1-3-5-17/h1-7,10-11,15H,8-9,12-13H2,(H,24,30). The molecule has 1 amide bonds. The van der Waals surface area contributed by atoms with Gasteiger partial charge in [-0.25, -0.2) is 14.1 Å². The number of carbonyl (C=O) groups is 1. The highest BCUT2D eigenvalue weighted by Gasteiger charge is 2.30. The quantitative estimate of drug-likeness (QED) is 0.389. The number of nitrogens with one attached hydrogen (secondary N) is 1. The minimum Gasteiger partial charge on any atom is -0.346 e. The molecule has 0 spiro atoms. The van der Waals surface area contributed by atoms with Crippen molar-refractivity contribution >= 4 is 29.0 Å². The Bertz CT molecular complexity index is 1220. The van der Waals surface area contributed by atoms with Gasteiger partial charge in [0.1, 0.15) is 16.6 Å². The normalized spacial score (nSPS) is 13.3. The van der Waals surface area contributed by atoms with Crippen LogP contribution in [0.2, 0.25) is 0 Å². The van der Waals surface area contributed by atoms with E-state index in [4.69, 9.17) is 4.98 Å². The molecule has 1 fully saturated rings. The van der Waals surface area contributed by atoms with E-state index in [1.807, 2.05) is 35.0 Å². The number of rotatable bonds is 8. The molecule has 2 aromatic carbocycles. The van der Waals surface area contributed by atoms with E-state index in [1.54, 1.807) is 12.1 Å². The second kappa shape index (κ2) is 9.17. The Balaban J connectivity index is 1.21. The Labute approximate surface area is 192 Å². The average molecular weight is 467 g/mol. The van der Waals surface area contributed by atoms with Crippen molar-refractivity contribution in [2.24, 2.45) is 0 Å². The van der Waals surface area contributed by atoms with Gasteiger partial charge in [0.15, 0.2) is 0 Å². The van der Waals surface area contributed by atoms with Crippen LogP contribution in [0.4, 0.5) is 4.39 Å². The molecule has 10 heteroatoms. The van der Waals surface area contributed by atoms with Gasteiger partial charge in [0, 0.05) is 12.5 Å². The van der Waals surface area contributed by atoms with Crippen LogP contribution in [0, 0.1) is 5.82 Å². The number of aromatic nitrogens is 5.